The molecule has 3 aliphatic heterocycles. The lowest BCUT2D eigenvalue weighted by atomic mass is 9.74. The van der Waals surface area contributed by atoms with Gasteiger partial charge in [0.15, 0.2) is 23.3 Å². The van der Waals surface area contributed by atoms with Gasteiger partial charge >= 0.3 is 5.66 Å². The summed E-state index contributed by atoms with van der Waals surface area (Å²) in [5, 5.41) is 0. The van der Waals surface area contributed by atoms with Crippen LogP contribution in [0.1, 0.15) is 56.0 Å². The van der Waals surface area contributed by atoms with Crippen molar-refractivity contribution < 1.29 is 9.13 Å². The van der Waals surface area contributed by atoms with Gasteiger partial charge in [0.05, 0.1) is 19.3 Å². The molecule has 3 aromatic carbocycles. The SMILES string of the molecule is c1ccc2c(c1)Cc1cccc3[n+]1C1(C2)c2c(cc4c(c2Cc2cccc[n+]21)-c1ccccc1C4)C3. The van der Waals surface area contributed by atoms with Crippen LogP contribution in [-0.2, 0) is 37.8 Å². The monoisotopic (exact) mass is 462 g/mol. The van der Waals surface area contributed by atoms with Crippen LogP contribution in [0.5, 0.6) is 0 Å². The summed E-state index contributed by atoms with van der Waals surface area (Å²) in [6.45, 7) is 0. The molecule has 36 heavy (non-hydrogen) atoms. The highest BCUT2D eigenvalue weighted by molar-refractivity contribution is 5.82. The maximum atomic E-state index is 2.73. The fraction of sp³-hybridized carbons (Fsp3) is 0.176. The Kier molecular flexibility index (Phi) is 3.51. The van der Waals surface area contributed by atoms with Gasteiger partial charge < -0.3 is 0 Å². The third kappa shape index (κ3) is 2.24. The second-order valence-electron chi connectivity index (χ2n) is 11.0. The van der Waals surface area contributed by atoms with E-state index >= 15 is 0 Å². The number of hydrogen-bond acceptors (Lipinski definition) is 0. The summed E-state index contributed by atoms with van der Waals surface area (Å²) in [6, 6.07) is 34.6. The normalized spacial score (nSPS) is 19.2. The number of rotatable bonds is 0. The molecule has 0 saturated heterocycles. The van der Waals surface area contributed by atoms with Crippen molar-refractivity contribution in [3.05, 3.63) is 153 Å². The van der Waals surface area contributed by atoms with Gasteiger partial charge in [0.2, 0.25) is 0 Å². The van der Waals surface area contributed by atoms with Crippen molar-refractivity contribution in [2.75, 3.05) is 0 Å². The van der Waals surface area contributed by atoms with Crippen molar-refractivity contribution in [3.8, 4) is 11.1 Å². The van der Waals surface area contributed by atoms with Crippen LogP contribution in [-0.4, -0.2) is 0 Å². The predicted molar refractivity (Wildman–Crippen MR) is 139 cm³/mol. The summed E-state index contributed by atoms with van der Waals surface area (Å²) < 4.78 is 5.36. The highest BCUT2D eigenvalue weighted by Gasteiger charge is 2.63. The fourth-order valence-corrected chi connectivity index (χ4v) is 7.95. The molecule has 1 unspecified atom stereocenters. The third-order valence-corrected chi connectivity index (χ3v) is 9.18. The third-order valence-electron chi connectivity index (χ3n) is 9.18. The number of aromatic nitrogens is 2. The van der Waals surface area contributed by atoms with Crippen molar-refractivity contribution in [1.29, 1.82) is 0 Å². The molecular formula is C34H26N2+2. The fourth-order valence-electron chi connectivity index (χ4n) is 7.95. The van der Waals surface area contributed by atoms with Gasteiger partial charge in [-0.15, -0.1) is 9.13 Å². The lowest BCUT2D eigenvalue weighted by molar-refractivity contribution is -0.992. The minimum atomic E-state index is -0.289. The summed E-state index contributed by atoms with van der Waals surface area (Å²) in [5.41, 5.74) is 17.5. The lowest BCUT2D eigenvalue weighted by Gasteiger charge is -2.36. The summed E-state index contributed by atoms with van der Waals surface area (Å²) in [6.07, 6.45) is 7.34. The molecule has 0 saturated carbocycles. The molecule has 0 bridgehead atoms. The second kappa shape index (κ2) is 6.59. The number of fused-ring (bicyclic) bond motifs is 6. The molecule has 2 heteroatoms. The van der Waals surface area contributed by atoms with Crippen molar-refractivity contribution in [2.45, 2.75) is 37.8 Å². The van der Waals surface area contributed by atoms with E-state index in [0.29, 0.717) is 0 Å². The van der Waals surface area contributed by atoms with E-state index in [-0.39, 0.29) is 5.66 Å². The molecule has 0 N–H and O–H groups in total. The maximum absolute atomic E-state index is 2.73. The topological polar surface area (TPSA) is 7.76 Å². The number of nitrogens with zero attached hydrogens (tertiary/aromatic N) is 2. The summed E-state index contributed by atoms with van der Waals surface area (Å²) >= 11 is 0. The molecule has 9 rings (SSSR count). The second-order valence-corrected chi connectivity index (χ2v) is 11.0. The van der Waals surface area contributed by atoms with Crippen LogP contribution in [0.3, 0.4) is 0 Å². The number of benzene rings is 3. The van der Waals surface area contributed by atoms with Gasteiger partial charge in [-0.25, -0.2) is 0 Å². The van der Waals surface area contributed by atoms with Crippen LogP contribution in [0.15, 0.2) is 97.2 Å². The first-order valence-electron chi connectivity index (χ1n) is 13.2. The first-order chi connectivity index (χ1) is 17.8. The molecule has 170 valence electrons. The Morgan fingerprint density at radius 2 is 1.28 bits per heavy atom. The van der Waals surface area contributed by atoms with Crippen LogP contribution in [0.2, 0.25) is 0 Å². The van der Waals surface area contributed by atoms with Gasteiger partial charge in [-0.1, -0.05) is 60.7 Å². The highest BCUT2D eigenvalue weighted by Crippen LogP contribution is 2.48. The Morgan fingerprint density at radius 1 is 0.556 bits per heavy atom. The number of pyridine rings is 2. The van der Waals surface area contributed by atoms with Gasteiger partial charge in [0.25, 0.3) is 0 Å². The van der Waals surface area contributed by atoms with Crippen molar-refractivity contribution in [1.82, 2.24) is 0 Å². The maximum Gasteiger partial charge on any atom is 0.393 e. The van der Waals surface area contributed by atoms with E-state index < -0.39 is 0 Å². The molecule has 5 heterocycles. The highest BCUT2D eigenvalue weighted by atomic mass is 15.3. The summed E-state index contributed by atoms with van der Waals surface area (Å²) in [5.74, 6) is 0. The van der Waals surface area contributed by atoms with Crippen LogP contribution in [0, 0.1) is 0 Å². The molecule has 0 amide bonds. The van der Waals surface area contributed by atoms with Gasteiger partial charge in [0, 0.05) is 24.3 Å². The first kappa shape index (κ1) is 19.2. The quantitative estimate of drug-likeness (QED) is 0.280. The molecule has 4 aliphatic rings. The molecule has 1 spiro atoms. The van der Waals surface area contributed by atoms with E-state index in [2.05, 4.69) is 106 Å². The van der Waals surface area contributed by atoms with E-state index in [0.717, 1.165) is 32.1 Å². The minimum Gasteiger partial charge on any atom is -0.134 e. The van der Waals surface area contributed by atoms with E-state index in [1.807, 2.05) is 0 Å². The van der Waals surface area contributed by atoms with Crippen LogP contribution < -0.4 is 9.13 Å². The van der Waals surface area contributed by atoms with Crippen molar-refractivity contribution in [2.24, 2.45) is 0 Å². The zero-order chi connectivity index (χ0) is 23.4. The average Bonchev–Trinajstić information content (AvgIpc) is 3.20. The van der Waals surface area contributed by atoms with E-state index in [1.54, 1.807) is 11.1 Å². The summed E-state index contributed by atoms with van der Waals surface area (Å²) in [7, 11) is 0. The molecule has 5 aromatic rings. The largest absolute Gasteiger partial charge is 0.393 e. The van der Waals surface area contributed by atoms with Gasteiger partial charge in [0.1, 0.15) is 12.0 Å². The van der Waals surface area contributed by atoms with Gasteiger partial charge in [-0.05, 0) is 57.0 Å². The zero-order valence-electron chi connectivity index (χ0n) is 20.2. The Hall–Kier alpha value is -4.04. The minimum absolute atomic E-state index is 0.289. The van der Waals surface area contributed by atoms with Gasteiger partial charge in [-0.2, -0.15) is 0 Å². The molecule has 1 atom stereocenters. The van der Waals surface area contributed by atoms with Crippen molar-refractivity contribution in [3.63, 3.8) is 0 Å². The Labute approximate surface area is 211 Å². The first-order valence-corrected chi connectivity index (χ1v) is 13.2. The molecule has 2 nitrogen and oxygen atoms in total. The van der Waals surface area contributed by atoms with Crippen LogP contribution >= 0.6 is 0 Å². The van der Waals surface area contributed by atoms with Crippen LogP contribution in [0.4, 0.5) is 0 Å². The van der Waals surface area contributed by atoms with Gasteiger partial charge in [-0.3, -0.25) is 0 Å². The average molecular weight is 463 g/mol. The summed E-state index contributed by atoms with van der Waals surface area (Å²) in [4.78, 5) is 0. The molecular weight excluding hydrogens is 436 g/mol. The molecule has 1 aliphatic carbocycles. The van der Waals surface area contributed by atoms with Crippen LogP contribution in [0.25, 0.3) is 11.1 Å². The standard InChI is InChI=1S/C34H26N2/c1-2-10-24-21-34-33-26(19-29-13-7-12-28(36(29)34)18-22(24)8-1)17-25-16-23-9-3-4-14-30(23)32(25)31(33)20-27-11-5-6-15-35(27)34/h1-15,17H,16,18-21H2/q+2. The Morgan fingerprint density at radius 3 is 2.17 bits per heavy atom. The van der Waals surface area contributed by atoms with E-state index in [4.69, 9.17) is 0 Å². The molecule has 2 aromatic heterocycles. The molecule has 0 fully saturated rings. The molecule has 0 radical (unpaired) electrons. The van der Waals surface area contributed by atoms with E-state index in [9.17, 15) is 0 Å². The Balaban J connectivity index is 1.48. The van der Waals surface area contributed by atoms with Crippen molar-refractivity contribution >= 4 is 0 Å². The smallest absolute Gasteiger partial charge is 0.134 e. The predicted octanol–water partition coefficient (Wildman–Crippen LogP) is 5.04. The zero-order valence-corrected chi connectivity index (χ0v) is 20.2. The van der Waals surface area contributed by atoms with E-state index in [1.165, 1.54) is 56.0 Å². The Bertz CT molecular complexity index is 1780. The number of hydrogen-bond donors (Lipinski definition) is 0. The lowest BCUT2D eigenvalue weighted by Crippen LogP contribution is -2.80.